The molecule has 0 heterocycles. The number of aliphatic carboxylic acids is 1. The summed E-state index contributed by atoms with van der Waals surface area (Å²) in [6.07, 6.45) is 0. The highest BCUT2D eigenvalue weighted by atomic mass is 31.2. The maximum Gasteiger partial charge on any atom is 0.144 e. The normalized spacial score (nSPS) is 10.8. The van der Waals surface area contributed by atoms with Gasteiger partial charge in [0, 0.05) is 11.4 Å². The predicted molar refractivity (Wildman–Crippen MR) is 139 cm³/mol. The molecule has 5 rings (SSSR count). The first kappa shape index (κ1) is 22.5. The van der Waals surface area contributed by atoms with Gasteiger partial charge in [-0.15, -0.1) is 0 Å². The first-order valence-electron chi connectivity index (χ1n) is 10.9. The third-order valence-electron chi connectivity index (χ3n) is 5.56. The van der Waals surface area contributed by atoms with Crippen molar-refractivity contribution >= 4 is 45.2 Å². The van der Waals surface area contributed by atoms with E-state index in [1.54, 1.807) is 0 Å². The van der Waals surface area contributed by atoms with E-state index >= 15 is 0 Å². The maximum atomic E-state index is 8.89. The van der Waals surface area contributed by atoms with Gasteiger partial charge >= 0.3 is 0 Å². The lowest BCUT2D eigenvalue weighted by Crippen LogP contribution is -2.38. The lowest BCUT2D eigenvalue weighted by Gasteiger charge is -2.28. The van der Waals surface area contributed by atoms with Crippen LogP contribution in [0.2, 0.25) is 0 Å². The second-order valence-electron chi connectivity index (χ2n) is 7.67. The van der Waals surface area contributed by atoms with Gasteiger partial charge in [0.2, 0.25) is 0 Å². The SMILES string of the molecule is CC(=O)[O-].c1ccc([P+](c2ccccc2)(c2ccccc2)c2cccc3ccccc23)cc1. The Kier molecular flexibility index (Phi) is 6.98. The number of fused-ring (bicyclic) bond motifs is 1. The van der Waals surface area contributed by atoms with E-state index in [0.717, 1.165) is 6.92 Å². The lowest BCUT2D eigenvalue weighted by molar-refractivity contribution is -0.302. The Morgan fingerprint density at radius 1 is 0.545 bits per heavy atom. The van der Waals surface area contributed by atoms with E-state index in [0.29, 0.717) is 0 Å². The van der Waals surface area contributed by atoms with Gasteiger partial charge in [0.25, 0.3) is 0 Å². The molecule has 0 atom stereocenters. The highest BCUT2D eigenvalue weighted by Crippen LogP contribution is 2.55. The van der Waals surface area contributed by atoms with E-state index in [1.165, 1.54) is 32.0 Å². The van der Waals surface area contributed by atoms with Crippen molar-refractivity contribution in [2.45, 2.75) is 6.92 Å². The average molecular weight is 449 g/mol. The molecule has 0 radical (unpaired) electrons. The molecule has 0 aliphatic rings. The summed E-state index contributed by atoms with van der Waals surface area (Å²) in [6.45, 7) is 0.972. The molecule has 0 spiro atoms. The van der Waals surface area contributed by atoms with Crippen LogP contribution in [0.25, 0.3) is 10.8 Å². The van der Waals surface area contributed by atoms with Crippen LogP contribution in [0.3, 0.4) is 0 Å². The van der Waals surface area contributed by atoms with Crippen LogP contribution in [0.1, 0.15) is 6.92 Å². The van der Waals surface area contributed by atoms with Crippen molar-refractivity contribution in [3.8, 4) is 0 Å². The van der Waals surface area contributed by atoms with Crippen LogP contribution in [0.5, 0.6) is 0 Å². The first-order chi connectivity index (χ1) is 16.1. The summed E-state index contributed by atoms with van der Waals surface area (Å²) >= 11 is 0. The minimum atomic E-state index is -2.05. The molecule has 3 heteroatoms. The molecular formula is C30H25O2P. The fourth-order valence-electron chi connectivity index (χ4n) is 4.32. The van der Waals surface area contributed by atoms with Crippen LogP contribution in [0.15, 0.2) is 133 Å². The minimum Gasteiger partial charge on any atom is -0.550 e. The topological polar surface area (TPSA) is 40.1 Å². The Labute approximate surface area is 195 Å². The summed E-state index contributed by atoms with van der Waals surface area (Å²) in [5.74, 6) is -1.08. The molecular weight excluding hydrogens is 423 g/mol. The zero-order valence-electron chi connectivity index (χ0n) is 18.5. The van der Waals surface area contributed by atoms with E-state index in [1.807, 2.05) is 0 Å². The summed E-state index contributed by atoms with van der Waals surface area (Å²) in [7, 11) is -2.05. The first-order valence-corrected chi connectivity index (χ1v) is 12.6. The van der Waals surface area contributed by atoms with Crippen molar-refractivity contribution in [1.82, 2.24) is 0 Å². The highest BCUT2D eigenvalue weighted by molar-refractivity contribution is 8.01. The molecule has 0 unspecified atom stereocenters. The van der Waals surface area contributed by atoms with Gasteiger partial charge in [0.05, 0.1) is 0 Å². The average Bonchev–Trinajstić information content (AvgIpc) is 2.86. The number of rotatable bonds is 4. The Bertz CT molecular complexity index is 1230. The zero-order valence-corrected chi connectivity index (χ0v) is 19.4. The Balaban J connectivity index is 0.000000601. The summed E-state index contributed by atoms with van der Waals surface area (Å²) in [4.78, 5) is 8.89. The van der Waals surface area contributed by atoms with Gasteiger partial charge in [-0.3, -0.25) is 0 Å². The third kappa shape index (κ3) is 4.58. The van der Waals surface area contributed by atoms with E-state index < -0.39 is 13.2 Å². The monoisotopic (exact) mass is 448 g/mol. The van der Waals surface area contributed by atoms with Crippen LogP contribution < -0.4 is 26.3 Å². The molecule has 5 aromatic carbocycles. The van der Waals surface area contributed by atoms with Crippen LogP contribution in [0.4, 0.5) is 0 Å². The molecule has 0 amide bonds. The van der Waals surface area contributed by atoms with E-state index in [2.05, 4.69) is 133 Å². The highest BCUT2D eigenvalue weighted by Gasteiger charge is 2.48. The Morgan fingerprint density at radius 3 is 1.36 bits per heavy atom. The second-order valence-corrected chi connectivity index (χ2v) is 11.0. The smallest absolute Gasteiger partial charge is 0.144 e. The molecule has 0 aliphatic carbocycles. The Morgan fingerprint density at radius 2 is 0.909 bits per heavy atom. The van der Waals surface area contributed by atoms with Crippen molar-refractivity contribution in [1.29, 1.82) is 0 Å². The van der Waals surface area contributed by atoms with Gasteiger partial charge in [-0.25, -0.2) is 0 Å². The number of benzene rings is 5. The molecule has 5 aromatic rings. The molecule has 162 valence electrons. The molecule has 2 nitrogen and oxygen atoms in total. The van der Waals surface area contributed by atoms with Crippen LogP contribution >= 0.6 is 7.26 Å². The van der Waals surface area contributed by atoms with E-state index in [9.17, 15) is 0 Å². The van der Waals surface area contributed by atoms with Crippen LogP contribution in [-0.4, -0.2) is 5.97 Å². The lowest BCUT2D eigenvalue weighted by atomic mass is 10.1. The second kappa shape index (κ2) is 10.3. The molecule has 0 bridgehead atoms. The molecule has 0 saturated carbocycles. The van der Waals surface area contributed by atoms with Crippen molar-refractivity contribution in [2.24, 2.45) is 0 Å². The predicted octanol–water partition coefficient (Wildman–Crippen LogP) is 4.22. The van der Waals surface area contributed by atoms with Gasteiger partial charge in [-0.05, 0) is 54.8 Å². The van der Waals surface area contributed by atoms with Crippen molar-refractivity contribution in [2.75, 3.05) is 0 Å². The van der Waals surface area contributed by atoms with Crippen molar-refractivity contribution < 1.29 is 9.90 Å². The van der Waals surface area contributed by atoms with E-state index in [4.69, 9.17) is 9.90 Å². The number of carbonyl (C=O) groups excluding carboxylic acids is 1. The van der Waals surface area contributed by atoms with Gasteiger partial charge < -0.3 is 9.90 Å². The van der Waals surface area contributed by atoms with E-state index in [-0.39, 0.29) is 0 Å². The number of carboxylic acids is 1. The molecule has 0 aromatic heterocycles. The Hall–Kier alpha value is -3.74. The van der Waals surface area contributed by atoms with Crippen molar-refractivity contribution in [3.05, 3.63) is 133 Å². The molecule has 0 aliphatic heterocycles. The number of carboxylic acid groups (broad SMARTS) is 1. The molecule has 0 fully saturated rings. The fraction of sp³-hybridized carbons (Fsp3) is 0.0333. The number of hydrogen-bond acceptors (Lipinski definition) is 2. The largest absolute Gasteiger partial charge is 0.550 e. The van der Waals surface area contributed by atoms with Gasteiger partial charge in [-0.2, -0.15) is 0 Å². The van der Waals surface area contributed by atoms with Crippen LogP contribution in [-0.2, 0) is 4.79 Å². The van der Waals surface area contributed by atoms with Crippen molar-refractivity contribution in [3.63, 3.8) is 0 Å². The minimum absolute atomic E-state index is 0.972. The van der Waals surface area contributed by atoms with Crippen LogP contribution in [0, 0.1) is 0 Å². The zero-order chi connectivity index (χ0) is 23.1. The summed E-state index contributed by atoms with van der Waals surface area (Å²) in [5.41, 5.74) is 0. The van der Waals surface area contributed by atoms with Gasteiger partial charge in [0.15, 0.2) is 0 Å². The van der Waals surface area contributed by atoms with Gasteiger partial charge in [-0.1, -0.05) is 91.0 Å². The molecule has 0 N–H and O–H groups in total. The maximum absolute atomic E-state index is 8.89. The quantitative estimate of drug-likeness (QED) is 0.387. The molecule has 0 saturated heterocycles. The number of carbonyl (C=O) groups is 1. The van der Waals surface area contributed by atoms with Gasteiger partial charge in [0.1, 0.15) is 28.5 Å². The molecule has 33 heavy (non-hydrogen) atoms. The fourth-order valence-corrected chi connectivity index (χ4v) is 8.78. The number of hydrogen-bond donors (Lipinski definition) is 0. The summed E-state index contributed by atoms with van der Waals surface area (Å²) in [5, 5.41) is 17.1. The third-order valence-corrected chi connectivity index (χ3v) is 9.89. The summed E-state index contributed by atoms with van der Waals surface area (Å²) in [6, 6.07) is 48.7. The standard InChI is InChI=1S/C28H22P.C2H4O2/c1-4-15-24(16-5-1)29(25-17-6-2-7-18-25,26-19-8-3-9-20-26)28-22-12-14-23-13-10-11-21-27(23)28;1-2(3)4/h1-22H;1H3,(H,3,4)/q+1;/p-1. The summed E-state index contributed by atoms with van der Waals surface area (Å²) < 4.78 is 0.